The van der Waals surface area contributed by atoms with Crippen LogP contribution in [-0.2, 0) is 13.0 Å². The third kappa shape index (κ3) is 4.53. The number of ether oxygens (including phenoxy) is 1. The van der Waals surface area contributed by atoms with Gasteiger partial charge in [0.25, 0.3) is 0 Å². The molecule has 0 aromatic heterocycles. The molecule has 0 bridgehead atoms. The van der Waals surface area contributed by atoms with Gasteiger partial charge in [-0.3, -0.25) is 0 Å². The number of rotatable bonds is 5. The predicted molar refractivity (Wildman–Crippen MR) is 79.2 cm³/mol. The van der Waals surface area contributed by atoms with E-state index in [-0.39, 0.29) is 12.6 Å². The summed E-state index contributed by atoms with van der Waals surface area (Å²) in [6.45, 7) is 4.04. The molecule has 2 nitrogen and oxygen atoms in total. The second-order valence-electron chi connectivity index (χ2n) is 5.36. The Morgan fingerprint density at radius 1 is 1.10 bits per heavy atom. The molecular formula is C17H19F2NO. The van der Waals surface area contributed by atoms with Crippen molar-refractivity contribution in [3.63, 3.8) is 0 Å². The van der Waals surface area contributed by atoms with Crippen LogP contribution in [0.3, 0.4) is 0 Å². The van der Waals surface area contributed by atoms with E-state index in [1.165, 1.54) is 12.1 Å². The summed E-state index contributed by atoms with van der Waals surface area (Å²) in [4.78, 5) is 0. The van der Waals surface area contributed by atoms with Crippen LogP contribution in [0.25, 0.3) is 0 Å². The van der Waals surface area contributed by atoms with Crippen LogP contribution in [0.2, 0.25) is 0 Å². The SMILES string of the molecule is Cc1ccc(OCc2cc(F)cc(F)c2)c(CC(C)N)c1. The second-order valence-corrected chi connectivity index (χ2v) is 5.36. The minimum absolute atomic E-state index is 0.0146. The van der Waals surface area contributed by atoms with E-state index >= 15 is 0 Å². The van der Waals surface area contributed by atoms with Crippen molar-refractivity contribution < 1.29 is 13.5 Å². The number of hydrogen-bond donors (Lipinski definition) is 1. The Bertz CT molecular complexity index is 606. The highest BCUT2D eigenvalue weighted by Crippen LogP contribution is 2.23. The van der Waals surface area contributed by atoms with Crippen LogP contribution in [0.1, 0.15) is 23.6 Å². The number of nitrogens with two attached hydrogens (primary N) is 1. The van der Waals surface area contributed by atoms with E-state index < -0.39 is 11.6 Å². The zero-order valence-corrected chi connectivity index (χ0v) is 12.2. The van der Waals surface area contributed by atoms with Crippen LogP contribution in [0.4, 0.5) is 8.78 Å². The van der Waals surface area contributed by atoms with Crippen LogP contribution in [0.15, 0.2) is 36.4 Å². The van der Waals surface area contributed by atoms with E-state index in [0.29, 0.717) is 17.7 Å². The fourth-order valence-corrected chi connectivity index (χ4v) is 2.21. The highest BCUT2D eigenvalue weighted by molar-refractivity contribution is 5.37. The largest absolute Gasteiger partial charge is 0.489 e. The lowest BCUT2D eigenvalue weighted by molar-refractivity contribution is 0.301. The van der Waals surface area contributed by atoms with Crippen molar-refractivity contribution in [1.29, 1.82) is 0 Å². The highest BCUT2D eigenvalue weighted by atomic mass is 19.1. The maximum absolute atomic E-state index is 13.1. The maximum Gasteiger partial charge on any atom is 0.126 e. The molecule has 0 amide bonds. The number of aryl methyl sites for hydroxylation is 1. The third-order valence-electron chi connectivity index (χ3n) is 3.07. The summed E-state index contributed by atoms with van der Waals surface area (Å²) < 4.78 is 32.0. The van der Waals surface area contributed by atoms with Crippen LogP contribution < -0.4 is 10.5 Å². The number of halogens is 2. The Morgan fingerprint density at radius 3 is 2.38 bits per heavy atom. The molecule has 0 spiro atoms. The summed E-state index contributed by atoms with van der Waals surface area (Å²) in [5.41, 5.74) is 8.42. The maximum atomic E-state index is 13.1. The topological polar surface area (TPSA) is 35.2 Å². The normalized spacial score (nSPS) is 12.2. The van der Waals surface area contributed by atoms with E-state index in [1.54, 1.807) is 0 Å². The van der Waals surface area contributed by atoms with Crippen molar-refractivity contribution in [2.24, 2.45) is 5.73 Å². The molecule has 0 aliphatic carbocycles. The lowest BCUT2D eigenvalue weighted by atomic mass is 10.0. The van der Waals surface area contributed by atoms with Gasteiger partial charge in [-0.25, -0.2) is 8.78 Å². The summed E-state index contributed by atoms with van der Waals surface area (Å²) in [7, 11) is 0. The zero-order valence-electron chi connectivity index (χ0n) is 12.2. The van der Waals surface area contributed by atoms with E-state index in [9.17, 15) is 8.78 Å². The molecule has 0 aliphatic heterocycles. The van der Waals surface area contributed by atoms with Crippen LogP contribution >= 0.6 is 0 Å². The van der Waals surface area contributed by atoms with Crippen LogP contribution in [-0.4, -0.2) is 6.04 Å². The Balaban J connectivity index is 2.15. The standard InChI is InChI=1S/C17H19F2NO/c1-11-3-4-17(14(5-11)6-12(2)20)21-10-13-7-15(18)9-16(19)8-13/h3-5,7-9,12H,6,10,20H2,1-2H3. The Kier molecular flexibility index (Phi) is 4.91. The highest BCUT2D eigenvalue weighted by Gasteiger charge is 2.08. The van der Waals surface area contributed by atoms with Gasteiger partial charge in [0.15, 0.2) is 0 Å². The van der Waals surface area contributed by atoms with Crippen LogP contribution in [0, 0.1) is 18.6 Å². The average Bonchev–Trinajstić information content (AvgIpc) is 2.36. The first-order chi connectivity index (χ1) is 9.94. The van der Waals surface area contributed by atoms with Crippen molar-refractivity contribution in [3.05, 3.63) is 64.7 Å². The molecule has 1 unspecified atom stereocenters. The van der Waals surface area contributed by atoms with Gasteiger partial charge in [0.2, 0.25) is 0 Å². The van der Waals surface area contributed by atoms with E-state index in [1.807, 2.05) is 32.0 Å². The molecule has 2 aromatic carbocycles. The van der Waals surface area contributed by atoms with Gasteiger partial charge >= 0.3 is 0 Å². The lowest BCUT2D eigenvalue weighted by Gasteiger charge is -2.14. The molecule has 21 heavy (non-hydrogen) atoms. The van der Waals surface area contributed by atoms with Gasteiger partial charge in [-0.1, -0.05) is 17.7 Å². The first-order valence-corrected chi connectivity index (χ1v) is 6.87. The van der Waals surface area contributed by atoms with Gasteiger partial charge in [-0.05, 0) is 49.6 Å². The molecule has 0 fully saturated rings. The van der Waals surface area contributed by atoms with Crippen LogP contribution in [0.5, 0.6) is 5.75 Å². The first kappa shape index (κ1) is 15.4. The van der Waals surface area contributed by atoms with Crippen molar-refractivity contribution in [3.8, 4) is 5.75 Å². The van der Waals surface area contributed by atoms with Crippen molar-refractivity contribution >= 4 is 0 Å². The molecule has 0 aliphatic rings. The van der Waals surface area contributed by atoms with Gasteiger partial charge in [0.05, 0.1) is 0 Å². The Hall–Kier alpha value is -1.94. The molecule has 112 valence electrons. The number of benzene rings is 2. The van der Waals surface area contributed by atoms with Crippen molar-refractivity contribution in [2.75, 3.05) is 0 Å². The quantitative estimate of drug-likeness (QED) is 0.910. The third-order valence-corrected chi connectivity index (χ3v) is 3.07. The molecule has 2 rings (SSSR count). The molecule has 1 atom stereocenters. The fourth-order valence-electron chi connectivity index (χ4n) is 2.21. The molecule has 2 N–H and O–H groups in total. The number of hydrogen-bond acceptors (Lipinski definition) is 2. The smallest absolute Gasteiger partial charge is 0.126 e. The molecule has 0 heterocycles. The molecule has 0 radical (unpaired) electrons. The molecule has 0 saturated heterocycles. The monoisotopic (exact) mass is 291 g/mol. The van der Waals surface area contributed by atoms with E-state index in [0.717, 1.165) is 17.2 Å². The Morgan fingerprint density at radius 2 is 1.76 bits per heavy atom. The van der Waals surface area contributed by atoms with E-state index in [2.05, 4.69) is 0 Å². The Labute approximate surface area is 123 Å². The fraction of sp³-hybridized carbons (Fsp3) is 0.294. The van der Waals surface area contributed by atoms with Gasteiger partial charge in [0.1, 0.15) is 24.0 Å². The summed E-state index contributed by atoms with van der Waals surface area (Å²) in [6.07, 6.45) is 0.689. The van der Waals surface area contributed by atoms with Gasteiger partial charge in [-0.2, -0.15) is 0 Å². The van der Waals surface area contributed by atoms with Gasteiger partial charge < -0.3 is 10.5 Å². The van der Waals surface area contributed by atoms with E-state index in [4.69, 9.17) is 10.5 Å². The lowest BCUT2D eigenvalue weighted by Crippen LogP contribution is -2.18. The summed E-state index contributed by atoms with van der Waals surface area (Å²) >= 11 is 0. The summed E-state index contributed by atoms with van der Waals surface area (Å²) in [5, 5.41) is 0. The average molecular weight is 291 g/mol. The molecular weight excluding hydrogens is 272 g/mol. The van der Waals surface area contributed by atoms with Gasteiger partial charge in [0, 0.05) is 12.1 Å². The van der Waals surface area contributed by atoms with Gasteiger partial charge in [-0.15, -0.1) is 0 Å². The zero-order chi connectivity index (χ0) is 15.4. The van der Waals surface area contributed by atoms with Crippen molar-refractivity contribution in [1.82, 2.24) is 0 Å². The molecule has 4 heteroatoms. The minimum atomic E-state index is -0.603. The molecule has 0 saturated carbocycles. The second kappa shape index (κ2) is 6.68. The minimum Gasteiger partial charge on any atom is -0.489 e. The summed E-state index contributed by atoms with van der Waals surface area (Å²) in [6, 6.07) is 9.21. The molecule has 2 aromatic rings. The summed E-state index contributed by atoms with van der Waals surface area (Å²) in [5.74, 6) is -0.510. The van der Waals surface area contributed by atoms with Crippen molar-refractivity contribution in [2.45, 2.75) is 32.9 Å². The predicted octanol–water partition coefficient (Wildman–Crippen LogP) is 3.74. The first-order valence-electron chi connectivity index (χ1n) is 6.87.